The van der Waals surface area contributed by atoms with Gasteiger partial charge in [0.25, 0.3) is 18.8 Å². The first-order chi connectivity index (χ1) is 19.2. The van der Waals surface area contributed by atoms with Crippen molar-refractivity contribution >= 4 is 32.3 Å². The molecule has 6 aromatic carbocycles. The van der Waals surface area contributed by atoms with Crippen LogP contribution in [0.15, 0.2) is 103 Å². The average Bonchev–Trinajstić information content (AvgIpc) is 2.97. The van der Waals surface area contributed by atoms with Crippen LogP contribution in [0.25, 0.3) is 54.6 Å². The van der Waals surface area contributed by atoms with Gasteiger partial charge < -0.3 is 14.2 Å². The normalized spacial score (nSPS) is 10.5. The molecular formula is C33H17N3O3. The summed E-state index contributed by atoms with van der Waals surface area (Å²) in [4.78, 5) is 0. The van der Waals surface area contributed by atoms with Crippen LogP contribution in [-0.2, 0) is 0 Å². The molecule has 0 atom stereocenters. The Morgan fingerprint density at radius 2 is 0.769 bits per heavy atom. The fourth-order valence-electron chi connectivity index (χ4n) is 5.30. The Hall–Kier alpha value is -6.03. The Bertz CT molecular complexity index is 2030. The second kappa shape index (κ2) is 9.79. The zero-order valence-corrected chi connectivity index (χ0v) is 20.4. The zero-order chi connectivity index (χ0) is 26.8. The summed E-state index contributed by atoms with van der Waals surface area (Å²) < 4.78 is 16.1. The third-order valence-corrected chi connectivity index (χ3v) is 6.78. The summed E-state index contributed by atoms with van der Waals surface area (Å²) in [6, 6.07) is 32.5. The SMILES string of the molecule is N#COc1cccc2cccc(-c3ccc(-c4cccc5cccc(OC#N)c45)c4c(OC#N)cccc34)c12. The summed E-state index contributed by atoms with van der Waals surface area (Å²) in [7, 11) is 0. The highest BCUT2D eigenvalue weighted by Crippen LogP contribution is 2.46. The second-order valence-corrected chi connectivity index (χ2v) is 8.74. The third-order valence-electron chi connectivity index (χ3n) is 6.78. The lowest BCUT2D eigenvalue weighted by Gasteiger charge is -2.17. The van der Waals surface area contributed by atoms with E-state index >= 15 is 0 Å². The minimum Gasteiger partial charge on any atom is -0.387 e. The number of rotatable bonds is 5. The molecule has 0 N–H and O–H groups in total. The molecule has 0 amide bonds. The summed E-state index contributed by atoms with van der Waals surface area (Å²) in [5.41, 5.74) is 3.39. The summed E-state index contributed by atoms with van der Waals surface area (Å²) >= 11 is 0. The topological polar surface area (TPSA) is 99.1 Å². The number of hydrogen-bond donors (Lipinski definition) is 0. The minimum atomic E-state index is 0.399. The lowest BCUT2D eigenvalue weighted by molar-refractivity contribution is 0.512. The molecule has 0 spiro atoms. The van der Waals surface area contributed by atoms with Crippen LogP contribution in [0.4, 0.5) is 0 Å². The van der Waals surface area contributed by atoms with Gasteiger partial charge in [-0.1, -0.05) is 84.9 Å². The maximum atomic E-state index is 9.47. The predicted molar refractivity (Wildman–Crippen MR) is 149 cm³/mol. The zero-order valence-electron chi connectivity index (χ0n) is 20.4. The summed E-state index contributed by atoms with van der Waals surface area (Å²) in [5, 5.41) is 33.0. The van der Waals surface area contributed by atoms with Crippen molar-refractivity contribution < 1.29 is 14.2 Å². The van der Waals surface area contributed by atoms with Gasteiger partial charge in [0, 0.05) is 16.2 Å². The number of benzene rings is 6. The van der Waals surface area contributed by atoms with E-state index in [2.05, 4.69) is 0 Å². The van der Waals surface area contributed by atoms with Crippen molar-refractivity contribution in [1.82, 2.24) is 0 Å². The van der Waals surface area contributed by atoms with E-state index < -0.39 is 0 Å². The van der Waals surface area contributed by atoms with E-state index in [1.807, 2.05) is 91.2 Å². The van der Waals surface area contributed by atoms with Crippen LogP contribution in [-0.4, -0.2) is 0 Å². The third kappa shape index (κ3) is 3.89. The van der Waals surface area contributed by atoms with E-state index in [4.69, 9.17) is 14.2 Å². The molecule has 6 rings (SSSR count). The van der Waals surface area contributed by atoms with Gasteiger partial charge >= 0.3 is 0 Å². The second-order valence-electron chi connectivity index (χ2n) is 8.74. The van der Waals surface area contributed by atoms with Crippen LogP contribution in [0.2, 0.25) is 0 Å². The molecule has 0 bridgehead atoms. The molecule has 0 aliphatic heterocycles. The fourth-order valence-corrected chi connectivity index (χ4v) is 5.30. The number of hydrogen-bond acceptors (Lipinski definition) is 6. The summed E-state index contributed by atoms with van der Waals surface area (Å²) in [5.74, 6) is 1.30. The molecule has 39 heavy (non-hydrogen) atoms. The van der Waals surface area contributed by atoms with Gasteiger partial charge in [-0.15, -0.1) is 15.8 Å². The van der Waals surface area contributed by atoms with E-state index in [0.29, 0.717) is 17.2 Å². The van der Waals surface area contributed by atoms with E-state index in [1.165, 1.54) is 0 Å². The Morgan fingerprint density at radius 3 is 1.28 bits per heavy atom. The quantitative estimate of drug-likeness (QED) is 0.221. The van der Waals surface area contributed by atoms with Crippen LogP contribution in [0.1, 0.15) is 0 Å². The van der Waals surface area contributed by atoms with Crippen molar-refractivity contribution in [2.24, 2.45) is 0 Å². The van der Waals surface area contributed by atoms with E-state index in [0.717, 1.165) is 54.6 Å². The first kappa shape index (κ1) is 23.4. The lowest BCUT2D eigenvalue weighted by atomic mass is 9.88. The molecule has 182 valence electrons. The number of ether oxygens (including phenoxy) is 3. The molecule has 0 aliphatic carbocycles. The van der Waals surface area contributed by atoms with Gasteiger partial charge in [-0.2, -0.15) is 0 Å². The number of nitrogens with zero attached hydrogens (tertiary/aromatic N) is 3. The van der Waals surface area contributed by atoms with Crippen LogP contribution < -0.4 is 14.2 Å². The van der Waals surface area contributed by atoms with Gasteiger partial charge in [0.15, 0.2) is 17.2 Å². The van der Waals surface area contributed by atoms with Gasteiger partial charge in [0.05, 0.1) is 0 Å². The van der Waals surface area contributed by atoms with Crippen molar-refractivity contribution in [3.05, 3.63) is 103 Å². The van der Waals surface area contributed by atoms with Crippen LogP contribution >= 0.6 is 0 Å². The van der Waals surface area contributed by atoms with E-state index in [9.17, 15) is 15.8 Å². The highest BCUT2D eigenvalue weighted by molar-refractivity contribution is 6.15. The smallest absolute Gasteiger partial charge is 0.292 e. The van der Waals surface area contributed by atoms with Crippen molar-refractivity contribution in [3.63, 3.8) is 0 Å². The van der Waals surface area contributed by atoms with Crippen molar-refractivity contribution in [3.8, 4) is 58.3 Å². The van der Waals surface area contributed by atoms with Gasteiger partial charge in [-0.25, -0.2) is 0 Å². The molecule has 0 saturated heterocycles. The molecule has 0 fully saturated rings. The Morgan fingerprint density at radius 1 is 0.385 bits per heavy atom. The van der Waals surface area contributed by atoms with E-state index in [-0.39, 0.29) is 0 Å². The van der Waals surface area contributed by atoms with Crippen LogP contribution in [0.3, 0.4) is 0 Å². The van der Waals surface area contributed by atoms with Crippen LogP contribution in [0.5, 0.6) is 17.2 Å². The first-order valence-electron chi connectivity index (χ1n) is 12.0. The highest BCUT2D eigenvalue weighted by Gasteiger charge is 2.19. The highest BCUT2D eigenvalue weighted by atomic mass is 16.5. The summed E-state index contributed by atoms with van der Waals surface area (Å²) in [6.07, 6.45) is 5.39. The molecule has 0 saturated carbocycles. The van der Waals surface area contributed by atoms with Gasteiger partial charge in [0.1, 0.15) is 0 Å². The Balaban J connectivity index is 1.73. The van der Waals surface area contributed by atoms with Crippen molar-refractivity contribution in [2.45, 2.75) is 0 Å². The molecule has 0 unspecified atom stereocenters. The van der Waals surface area contributed by atoms with Gasteiger partial charge in [-0.3, -0.25) is 0 Å². The first-order valence-corrected chi connectivity index (χ1v) is 12.0. The molecule has 6 nitrogen and oxygen atoms in total. The predicted octanol–water partition coefficient (Wildman–Crippen LogP) is 8.06. The van der Waals surface area contributed by atoms with E-state index in [1.54, 1.807) is 30.7 Å². The van der Waals surface area contributed by atoms with Gasteiger partial charge in [0.2, 0.25) is 0 Å². The maximum Gasteiger partial charge on any atom is 0.292 e. The molecule has 6 aromatic rings. The number of nitriles is 3. The summed E-state index contributed by atoms with van der Waals surface area (Å²) in [6.45, 7) is 0. The largest absolute Gasteiger partial charge is 0.387 e. The standard InChI is InChI=1S/C33H17N3O3/c34-18-37-28-13-3-8-21-6-1-10-24(31(21)28)23-16-17-27(33-25(23)12-5-15-30(33)39-20-36)26-11-2-7-22-9-4-14-29(32(22)26)38-19-35/h1-17H. The molecule has 6 heteroatoms. The fraction of sp³-hybridized carbons (Fsp3) is 0. The molecule has 0 heterocycles. The molecule has 0 aliphatic rings. The Labute approximate surface area is 223 Å². The van der Waals surface area contributed by atoms with Crippen molar-refractivity contribution in [2.75, 3.05) is 0 Å². The molecule has 0 radical (unpaired) electrons. The minimum absolute atomic E-state index is 0.399. The lowest BCUT2D eigenvalue weighted by Crippen LogP contribution is -1.93. The van der Waals surface area contributed by atoms with Crippen LogP contribution in [0, 0.1) is 34.6 Å². The average molecular weight is 504 g/mol. The monoisotopic (exact) mass is 503 g/mol. The molecule has 0 aromatic heterocycles. The van der Waals surface area contributed by atoms with Gasteiger partial charge in [-0.05, 0) is 56.6 Å². The number of fused-ring (bicyclic) bond motifs is 3. The molecular weight excluding hydrogens is 486 g/mol. The van der Waals surface area contributed by atoms with Crippen molar-refractivity contribution in [1.29, 1.82) is 15.8 Å². The maximum absolute atomic E-state index is 9.47. The Kier molecular flexibility index (Phi) is 5.87.